The van der Waals surface area contributed by atoms with E-state index in [0.717, 1.165) is 5.56 Å². The normalized spacial score (nSPS) is 10.5. The molecule has 0 saturated carbocycles. The zero-order valence-electron chi connectivity index (χ0n) is 10.4. The summed E-state index contributed by atoms with van der Waals surface area (Å²) < 4.78 is 5.07. The molecule has 1 amide bonds. The maximum atomic E-state index is 11.5. The van der Waals surface area contributed by atoms with Crippen molar-refractivity contribution in [1.29, 1.82) is 5.26 Å². The standard InChI is InChI=1S/C12H15N3O2/c1-8-5-6-10(14-9(8)7-13)15-11(16)17-12(2,3)4/h5-6H,1-4H3,(H,14,15,16). The van der Waals surface area contributed by atoms with E-state index >= 15 is 0 Å². The van der Waals surface area contributed by atoms with Gasteiger partial charge in [0.25, 0.3) is 0 Å². The maximum absolute atomic E-state index is 11.5. The van der Waals surface area contributed by atoms with Crippen LogP contribution < -0.4 is 5.32 Å². The second kappa shape index (κ2) is 4.83. The quantitative estimate of drug-likeness (QED) is 0.809. The molecule has 1 rings (SSSR count). The summed E-state index contributed by atoms with van der Waals surface area (Å²) in [4.78, 5) is 15.4. The van der Waals surface area contributed by atoms with Gasteiger partial charge in [-0.15, -0.1) is 0 Å². The average Bonchev–Trinajstić information content (AvgIpc) is 2.18. The number of nitriles is 1. The predicted molar refractivity (Wildman–Crippen MR) is 63.5 cm³/mol. The van der Waals surface area contributed by atoms with Gasteiger partial charge < -0.3 is 4.74 Å². The highest BCUT2D eigenvalue weighted by Gasteiger charge is 2.16. The van der Waals surface area contributed by atoms with Gasteiger partial charge in [-0.3, -0.25) is 5.32 Å². The molecule has 0 aliphatic heterocycles. The Balaban J connectivity index is 2.77. The molecule has 17 heavy (non-hydrogen) atoms. The molecular weight excluding hydrogens is 218 g/mol. The number of carbonyl (C=O) groups excluding carboxylic acids is 1. The molecule has 0 aromatic carbocycles. The van der Waals surface area contributed by atoms with Crippen LogP contribution in [-0.2, 0) is 4.74 Å². The van der Waals surface area contributed by atoms with Crippen molar-refractivity contribution in [2.45, 2.75) is 33.3 Å². The number of nitrogens with zero attached hydrogens (tertiary/aromatic N) is 2. The molecule has 1 heterocycles. The van der Waals surface area contributed by atoms with Gasteiger partial charge in [-0.25, -0.2) is 9.78 Å². The van der Waals surface area contributed by atoms with Crippen LogP contribution in [0.4, 0.5) is 10.6 Å². The number of nitrogens with one attached hydrogen (secondary N) is 1. The Morgan fingerprint density at radius 3 is 2.65 bits per heavy atom. The molecule has 0 saturated heterocycles. The van der Waals surface area contributed by atoms with Crippen LogP contribution in [0.1, 0.15) is 32.0 Å². The van der Waals surface area contributed by atoms with Gasteiger partial charge in [-0.05, 0) is 39.3 Å². The van der Waals surface area contributed by atoms with Gasteiger partial charge >= 0.3 is 6.09 Å². The number of ether oxygens (including phenoxy) is 1. The van der Waals surface area contributed by atoms with E-state index in [4.69, 9.17) is 10.00 Å². The van der Waals surface area contributed by atoms with Crippen LogP contribution in [0, 0.1) is 18.3 Å². The summed E-state index contributed by atoms with van der Waals surface area (Å²) in [5.41, 5.74) is 0.494. The number of aryl methyl sites for hydroxylation is 1. The highest BCUT2D eigenvalue weighted by molar-refractivity contribution is 5.83. The number of aromatic nitrogens is 1. The van der Waals surface area contributed by atoms with E-state index in [1.54, 1.807) is 39.8 Å². The van der Waals surface area contributed by atoms with Gasteiger partial charge in [0.15, 0.2) is 0 Å². The molecule has 1 aromatic heterocycles. The summed E-state index contributed by atoms with van der Waals surface area (Å²) >= 11 is 0. The summed E-state index contributed by atoms with van der Waals surface area (Å²) in [5.74, 6) is 0.307. The Morgan fingerprint density at radius 1 is 1.47 bits per heavy atom. The van der Waals surface area contributed by atoms with Crippen LogP contribution in [-0.4, -0.2) is 16.7 Å². The topological polar surface area (TPSA) is 75.0 Å². The van der Waals surface area contributed by atoms with E-state index in [9.17, 15) is 4.79 Å². The van der Waals surface area contributed by atoms with Crippen LogP contribution in [0.15, 0.2) is 12.1 Å². The molecule has 0 spiro atoms. The van der Waals surface area contributed by atoms with Gasteiger partial charge in [0.05, 0.1) is 0 Å². The fourth-order valence-electron chi connectivity index (χ4n) is 1.12. The molecule has 0 bridgehead atoms. The summed E-state index contributed by atoms with van der Waals surface area (Å²) in [5, 5.41) is 11.3. The van der Waals surface area contributed by atoms with E-state index in [1.807, 2.05) is 6.07 Å². The third-order valence-electron chi connectivity index (χ3n) is 1.83. The second-order valence-corrected chi connectivity index (χ2v) is 4.60. The van der Waals surface area contributed by atoms with Gasteiger partial charge in [-0.1, -0.05) is 6.07 Å². The maximum Gasteiger partial charge on any atom is 0.413 e. The molecule has 0 unspecified atom stereocenters. The molecule has 5 heteroatoms. The minimum atomic E-state index is -0.585. The Kier molecular flexibility index (Phi) is 3.69. The van der Waals surface area contributed by atoms with Crippen LogP contribution in [0.25, 0.3) is 0 Å². The molecule has 0 aliphatic carbocycles. The van der Waals surface area contributed by atoms with Crippen LogP contribution in [0.5, 0.6) is 0 Å². The number of anilines is 1. The molecule has 1 aromatic rings. The number of carbonyl (C=O) groups is 1. The van der Waals surface area contributed by atoms with Crippen molar-refractivity contribution in [3.63, 3.8) is 0 Å². The minimum absolute atomic E-state index is 0.290. The zero-order chi connectivity index (χ0) is 13.1. The Hall–Kier alpha value is -2.09. The molecule has 1 N–H and O–H groups in total. The number of pyridine rings is 1. The number of amides is 1. The molecule has 0 fully saturated rings. The first-order chi connectivity index (χ1) is 7.81. The number of rotatable bonds is 1. The lowest BCUT2D eigenvalue weighted by Crippen LogP contribution is -2.27. The first-order valence-corrected chi connectivity index (χ1v) is 5.19. The fourth-order valence-corrected chi connectivity index (χ4v) is 1.12. The summed E-state index contributed by atoms with van der Waals surface area (Å²) in [7, 11) is 0. The van der Waals surface area contributed by atoms with Crippen molar-refractivity contribution in [3.8, 4) is 6.07 Å². The third-order valence-corrected chi connectivity index (χ3v) is 1.83. The van der Waals surface area contributed by atoms with Crippen LogP contribution in [0.2, 0.25) is 0 Å². The van der Waals surface area contributed by atoms with Gasteiger partial charge in [0.2, 0.25) is 0 Å². The Bertz CT molecular complexity index is 470. The van der Waals surface area contributed by atoms with E-state index in [-0.39, 0.29) is 0 Å². The molecule has 0 radical (unpaired) electrons. The largest absolute Gasteiger partial charge is 0.444 e. The number of hydrogen-bond donors (Lipinski definition) is 1. The molecule has 5 nitrogen and oxygen atoms in total. The first-order valence-electron chi connectivity index (χ1n) is 5.19. The zero-order valence-corrected chi connectivity index (χ0v) is 10.4. The lowest BCUT2D eigenvalue weighted by Gasteiger charge is -2.19. The van der Waals surface area contributed by atoms with E-state index in [2.05, 4.69) is 10.3 Å². The van der Waals surface area contributed by atoms with Crippen molar-refractivity contribution in [3.05, 3.63) is 23.4 Å². The van der Waals surface area contributed by atoms with Gasteiger partial charge in [0.1, 0.15) is 23.2 Å². The van der Waals surface area contributed by atoms with E-state index in [1.165, 1.54) is 0 Å². The molecule has 0 aliphatic rings. The summed E-state index contributed by atoms with van der Waals surface area (Å²) in [6.07, 6.45) is -0.585. The van der Waals surface area contributed by atoms with Crippen LogP contribution in [0.3, 0.4) is 0 Å². The van der Waals surface area contributed by atoms with Crippen molar-refractivity contribution < 1.29 is 9.53 Å². The van der Waals surface area contributed by atoms with Crippen molar-refractivity contribution in [1.82, 2.24) is 4.98 Å². The fraction of sp³-hybridized carbons (Fsp3) is 0.417. The minimum Gasteiger partial charge on any atom is -0.444 e. The molecule has 0 atom stereocenters. The summed E-state index contributed by atoms with van der Waals surface area (Å²) in [6, 6.07) is 5.30. The highest BCUT2D eigenvalue weighted by Crippen LogP contribution is 2.12. The van der Waals surface area contributed by atoms with E-state index in [0.29, 0.717) is 11.5 Å². The Morgan fingerprint density at radius 2 is 2.12 bits per heavy atom. The van der Waals surface area contributed by atoms with Gasteiger partial charge in [0, 0.05) is 0 Å². The first kappa shape index (κ1) is 13.0. The molecular formula is C12H15N3O2. The van der Waals surface area contributed by atoms with E-state index < -0.39 is 11.7 Å². The number of hydrogen-bond acceptors (Lipinski definition) is 4. The van der Waals surface area contributed by atoms with Crippen molar-refractivity contribution in [2.24, 2.45) is 0 Å². The van der Waals surface area contributed by atoms with Crippen LogP contribution >= 0.6 is 0 Å². The Labute approximate surface area is 100 Å². The lowest BCUT2D eigenvalue weighted by molar-refractivity contribution is 0.0635. The van der Waals surface area contributed by atoms with Crippen molar-refractivity contribution in [2.75, 3.05) is 5.32 Å². The smallest absolute Gasteiger partial charge is 0.413 e. The van der Waals surface area contributed by atoms with Crippen molar-refractivity contribution >= 4 is 11.9 Å². The SMILES string of the molecule is Cc1ccc(NC(=O)OC(C)(C)C)nc1C#N. The summed E-state index contributed by atoms with van der Waals surface area (Å²) in [6.45, 7) is 7.10. The highest BCUT2D eigenvalue weighted by atomic mass is 16.6. The lowest BCUT2D eigenvalue weighted by atomic mass is 10.2. The van der Waals surface area contributed by atoms with Gasteiger partial charge in [-0.2, -0.15) is 5.26 Å². The molecule has 90 valence electrons. The average molecular weight is 233 g/mol. The third kappa shape index (κ3) is 4.11. The second-order valence-electron chi connectivity index (χ2n) is 4.60. The predicted octanol–water partition coefficient (Wildman–Crippen LogP) is 2.61. The monoisotopic (exact) mass is 233 g/mol.